The molecule has 7 heteroatoms. The van der Waals surface area contributed by atoms with Crippen molar-refractivity contribution in [2.24, 2.45) is 5.92 Å². The molecule has 2 rings (SSSR count). The third-order valence-electron chi connectivity index (χ3n) is 3.22. The Balaban J connectivity index is 2.15. The molecule has 0 saturated carbocycles. The summed E-state index contributed by atoms with van der Waals surface area (Å²) in [6, 6.07) is 3.60. The van der Waals surface area contributed by atoms with Gasteiger partial charge in [-0.1, -0.05) is 11.8 Å². The van der Waals surface area contributed by atoms with Crippen LogP contribution < -0.4 is 4.90 Å². The van der Waals surface area contributed by atoms with Crippen LogP contribution in [0.2, 0.25) is 0 Å². The zero-order chi connectivity index (χ0) is 15.6. The maximum atomic E-state index is 13.4. The van der Waals surface area contributed by atoms with Gasteiger partial charge in [0, 0.05) is 31.3 Å². The van der Waals surface area contributed by atoms with Gasteiger partial charge in [-0.3, -0.25) is 9.59 Å². The fourth-order valence-electron chi connectivity index (χ4n) is 2.22. The highest BCUT2D eigenvalue weighted by molar-refractivity contribution is 8.13. The molecule has 1 N–H and O–H groups in total. The van der Waals surface area contributed by atoms with Crippen LogP contribution in [-0.4, -0.2) is 34.4 Å². The van der Waals surface area contributed by atoms with E-state index in [-0.39, 0.29) is 16.9 Å². The maximum absolute atomic E-state index is 13.4. The Kier molecular flexibility index (Phi) is 4.62. The summed E-state index contributed by atoms with van der Waals surface area (Å²) >= 11 is 1.17. The Morgan fingerprint density at radius 2 is 2.19 bits per heavy atom. The van der Waals surface area contributed by atoms with E-state index in [0.717, 1.165) is 12.1 Å². The molecule has 0 aromatic heterocycles. The molecule has 1 aromatic carbocycles. The number of amides is 1. The number of nitrogens with zero attached hydrogens (tertiary/aromatic N) is 1. The number of halogens is 1. The monoisotopic (exact) mass is 311 g/mol. The van der Waals surface area contributed by atoms with Gasteiger partial charge in [0.15, 0.2) is 5.12 Å². The van der Waals surface area contributed by atoms with E-state index in [9.17, 15) is 18.8 Å². The minimum atomic E-state index is -1.37. The molecule has 1 amide bonds. The van der Waals surface area contributed by atoms with Crippen molar-refractivity contribution < 1.29 is 23.9 Å². The molecule has 0 aliphatic carbocycles. The first-order valence-corrected chi connectivity index (χ1v) is 7.33. The van der Waals surface area contributed by atoms with Gasteiger partial charge in [-0.2, -0.15) is 0 Å². The fourth-order valence-corrected chi connectivity index (χ4v) is 2.92. The lowest BCUT2D eigenvalue weighted by Gasteiger charge is -2.17. The summed E-state index contributed by atoms with van der Waals surface area (Å²) in [6.45, 7) is 1.88. The second kappa shape index (κ2) is 6.26. The van der Waals surface area contributed by atoms with Crippen molar-refractivity contribution in [1.82, 2.24) is 0 Å². The first-order chi connectivity index (χ1) is 9.88. The number of anilines is 1. The number of rotatable bonds is 4. The van der Waals surface area contributed by atoms with Crippen LogP contribution in [-0.2, 0) is 9.59 Å². The smallest absolute Gasteiger partial charge is 0.338 e. The zero-order valence-electron chi connectivity index (χ0n) is 11.3. The quantitative estimate of drug-likeness (QED) is 0.922. The molecule has 1 unspecified atom stereocenters. The van der Waals surface area contributed by atoms with Gasteiger partial charge in [0.1, 0.15) is 5.82 Å². The van der Waals surface area contributed by atoms with Crippen LogP contribution in [0.15, 0.2) is 18.2 Å². The van der Waals surface area contributed by atoms with Crippen molar-refractivity contribution in [2.75, 3.05) is 17.2 Å². The predicted octanol–water partition coefficient (Wildman–Crippen LogP) is 2.16. The van der Waals surface area contributed by atoms with Gasteiger partial charge < -0.3 is 10.0 Å². The Morgan fingerprint density at radius 3 is 2.81 bits per heavy atom. The lowest BCUT2D eigenvalue weighted by Crippen LogP contribution is -2.25. The number of hydrogen-bond donors (Lipinski definition) is 1. The Morgan fingerprint density at radius 1 is 1.48 bits per heavy atom. The molecule has 1 fully saturated rings. The normalized spacial score (nSPS) is 18.1. The van der Waals surface area contributed by atoms with E-state index >= 15 is 0 Å². The van der Waals surface area contributed by atoms with Crippen LogP contribution >= 0.6 is 11.8 Å². The molecule has 0 spiro atoms. The van der Waals surface area contributed by atoms with Crippen molar-refractivity contribution in [3.63, 3.8) is 0 Å². The molecular formula is C14H14FNO4S. The number of benzene rings is 1. The van der Waals surface area contributed by atoms with Gasteiger partial charge in [-0.05, 0) is 24.1 Å². The van der Waals surface area contributed by atoms with E-state index < -0.39 is 17.3 Å². The largest absolute Gasteiger partial charge is 0.478 e. The second-order valence-corrected chi connectivity index (χ2v) is 6.04. The summed E-state index contributed by atoms with van der Waals surface area (Å²) in [5, 5.41) is 8.91. The fraction of sp³-hybridized carbons (Fsp3) is 0.357. The molecule has 1 aliphatic rings. The number of thioether (sulfide) groups is 1. The van der Waals surface area contributed by atoms with E-state index in [1.165, 1.54) is 29.7 Å². The minimum absolute atomic E-state index is 0.00385. The van der Waals surface area contributed by atoms with Crippen molar-refractivity contribution in [2.45, 2.75) is 13.3 Å². The topological polar surface area (TPSA) is 74.7 Å². The molecule has 1 atom stereocenters. The van der Waals surface area contributed by atoms with Gasteiger partial charge in [-0.15, -0.1) is 0 Å². The zero-order valence-corrected chi connectivity index (χ0v) is 12.2. The Bertz CT molecular complexity index is 605. The summed E-state index contributed by atoms with van der Waals surface area (Å²) < 4.78 is 13.4. The van der Waals surface area contributed by atoms with Crippen LogP contribution in [0, 0.1) is 11.7 Å². The number of carboxylic acids is 1. The molecule has 0 bridgehead atoms. The first kappa shape index (κ1) is 15.5. The molecule has 1 aromatic rings. The predicted molar refractivity (Wildman–Crippen MR) is 77.0 cm³/mol. The highest BCUT2D eigenvalue weighted by atomic mass is 32.2. The maximum Gasteiger partial charge on any atom is 0.338 e. The van der Waals surface area contributed by atoms with Crippen LogP contribution in [0.5, 0.6) is 0 Å². The average Bonchev–Trinajstić information content (AvgIpc) is 2.78. The van der Waals surface area contributed by atoms with E-state index in [4.69, 9.17) is 5.11 Å². The lowest BCUT2D eigenvalue weighted by atomic mass is 10.1. The summed E-state index contributed by atoms with van der Waals surface area (Å²) in [5.74, 6) is -1.77. The third-order valence-corrected chi connectivity index (χ3v) is 4.26. The Hall–Kier alpha value is -1.89. The van der Waals surface area contributed by atoms with E-state index in [1.807, 2.05) is 0 Å². The van der Waals surface area contributed by atoms with Crippen LogP contribution in [0.25, 0.3) is 0 Å². The number of carbonyl (C=O) groups is 3. The highest BCUT2D eigenvalue weighted by Crippen LogP contribution is 2.28. The number of hydrogen-bond acceptors (Lipinski definition) is 4. The number of carboxylic acid groups (broad SMARTS) is 1. The van der Waals surface area contributed by atoms with Gasteiger partial charge >= 0.3 is 5.97 Å². The Labute approximate surface area is 125 Å². The summed E-state index contributed by atoms with van der Waals surface area (Å²) in [7, 11) is 0. The van der Waals surface area contributed by atoms with Crippen molar-refractivity contribution in [3.05, 3.63) is 29.6 Å². The highest BCUT2D eigenvalue weighted by Gasteiger charge is 2.31. The van der Waals surface area contributed by atoms with Crippen LogP contribution in [0.3, 0.4) is 0 Å². The number of aromatic carboxylic acids is 1. The first-order valence-electron chi connectivity index (χ1n) is 6.35. The van der Waals surface area contributed by atoms with Crippen molar-refractivity contribution in [1.29, 1.82) is 0 Å². The molecule has 1 aliphatic heterocycles. The molecule has 21 heavy (non-hydrogen) atoms. The molecule has 0 radical (unpaired) electrons. The van der Waals surface area contributed by atoms with Crippen LogP contribution in [0.1, 0.15) is 23.7 Å². The van der Waals surface area contributed by atoms with E-state index in [2.05, 4.69) is 0 Å². The summed E-state index contributed by atoms with van der Waals surface area (Å²) in [5.41, 5.74) is -0.0871. The van der Waals surface area contributed by atoms with Crippen molar-refractivity contribution in [3.8, 4) is 0 Å². The molecular weight excluding hydrogens is 297 g/mol. The standard InChI is InChI=1S/C14H14FNO4S/c1-8(17)21-7-9-4-13(18)16(6-9)10-2-3-12(15)11(5-10)14(19)20/h2-3,5,9H,4,6-7H2,1H3,(H,19,20). The third kappa shape index (κ3) is 3.60. The summed E-state index contributed by atoms with van der Waals surface area (Å²) in [4.78, 5) is 35.3. The van der Waals surface area contributed by atoms with Gasteiger partial charge in [0.2, 0.25) is 5.91 Å². The van der Waals surface area contributed by atoms with Gasteiger partial charge in [-0.25, -0.2) is 9.18 Å². The lowest BCUT2D eigenvalue weighted by molar-refractivity contribution is -0.117. The molecule has 1 heterocycles. The van der Waals surface area contributed by atoms with Gasteiger partial charge in [0.25, 0.3) is 0 Å². The van der Waals surface area contributed by atoms with E-state index in [0.29, 0.717) is 24.4 Å². The minimum Gasteiger partial charge on any atom is -0.478 e. The van der Waals surface area contributed by atoms with Crippen LogP contribution in [0.4, 0.5) is 10.1 Å². The summed E-state index contributed by atoms with van der Waals surface area (Å²) in [6.07, 6.45) is 0.306. The SMILES string of the molecule is CC(=O)SCC1CC(=O)N(c2ccc(F)c(C(=O)O)c2)C1. The van der Waals surface area contributed by atoms with Gasteiger partial charge in [0.05, 0.1) is 5.56 Å². The van der Waals surface area contributed by atoms with Crippen molar-refractivity contribution >= 4 is 34.4 Å². The second-order valence-electron chi connectivity index (χ2n) is 4.85. The number of carbonyl (C=O) groups excluding carboxylic acids is 2. The molecule has 5 nitrogen and oxygen atoms in total. The molecule has 112 valence electrons. The molecule has 1 saturated heterocycles. The average molecular weight is 311 g/mol. The van der Waals surface area contributed by atoms with E-state index in [1.54, 1.807) is 0 Å².